The number of rotatable bonds is 16. The van der Waals surface area contributed by atoms with Gasteiger partial charge in [-0.05, 0) is 12.0 Å². The van der Waals surface area contributed by atoms with Crippen molar-refractivity contribution >= 4 is 5.91 Å². The van der Waals surface area contributed by atoms with Crippen LogP contribution >= 0.6 is 0 Å². The molecule has 0 spiro atoms. The molecule has 0 heterocycles. The van der Waals surface area contributed by atoms with Crippen LogP contribution < -0.4 is 5.32 Å². The zero-order valence-corrected chi connectivity index (χ0v) is 16.3. The number of hydrogen-bond acceptors (Lipinski definition) is 1. The van der Waals surface area contributed by atoms with Gasteiger partial charge >= 0.3 is 0 Å². The molecule has 0 fully saturated rings. The molecule has 0 atom stereocenters. The summed E-state index contributed by atoms with van der Waals surface area (Å²) in [6.07, 6.45) is 18.0. The summed E-state index contributed by atoms with van der Waals surface area (Å²) in [5.41, 5.74) is 1.04. The quantitative estimate of drug-likeness (QED) is 0.328. The van der Waals surface area contributed by atoms with Crippen LogP contribution in [0.25, 0.3) is 0 Å². The summed E-state index contributed by atoms with van der Waals surface area (Å²) in [5.74, 6) is 0.131. The highest BCUT2D eigenvalue weighted by Crippen LogP contribution is 2.13. The summed E-state index contributed by atoms with van der Waals surface area (Å²) < 4.78 is 0. The van der Waals surface area contributed by atoms with Crippen LogP contribution in [0.1, 0.15) is 102 Å². The first kappa shape index (κ1) is 21.7. The molecule has 1 N–H and O–H groups in total. The number of benzene rings is 1. The van der Waals surface area contributed by atoms with Crippen molar-refractivity contribution in [3.8, 4) is 0 Å². The summed E-state index contributed by atoms with van der Waals surface area (Å²) in [6, 6.07) is 9.92. The van der Waals surface area contributed by atoms with Gasteiger partial charge in [0, 0.05) is 6.42 Å². The van der Waals surface area contributed by atoms with Crippen LogP contribution in [-0.2, 0) is 4.79 Å². The fourth-order valence-electron chi connectivity index (χ4n) is 3.09. The minimum Gasteiger partial charge on any atom is -0.347 e. The highest BCUT2D eigenvalue weighted by Gasteiger charge is 2.01. The van der Waals surface area contributed by atoms with Crippen LogP contribution in [0.3, 0.4) is 0 Å². The summed E-state index contributed by atoms with van der Waals surface area (Å²) in [5, 5.41) is 2.88. The molecule has 141 valence electrons. The lowest BCUT2D eigenvalue weighted by Crippen LogP contribution is -2.20. The first-order chi connectivity index (χ1) is 12.3. The van der Waals surface area contributed by atoms with E-state index in [4.69, 9.17) is 0 Å². The smallest absolute Gasteiger partial charge is 0.220 e. The molecule has 0 aliphatic rings. The number of hydrogen-bond donors (Lipinski definition) is 1. The van der Waals surface area contributed by atoms with Gasteiger partial charge in [0.15, 0.2) is 0 Å². The summed E-state index contributed by atoms with van der Waals surface area (Å²) in [7, 11) is 0. The van der Waals surface area contributed by atoms with Crippen LogP contribution in [0.4, 0.5) is 0 Å². The molecule has 1 amide bonds. The average Bonchev–Trinajstić information content (AvgIpc) is 2.64. The maximum atomic E-state index is 11.8. The third-order valence-electron chi connectivity index (χ3n) is 4.71. The van der Waals surface area contributed by atoms with Crippen LogP contribution in [0, 0.1) is 6.54 Å². The third kappa shape index (κ3) is 13.6. The van der Waals surface area contributed by atoms with E-state index >= 15 is 0 Å². The van der Waals surface area contributed by atoms with Crippen molar-refractivity contribution in [1.29, 1.82) is 0 Å². The van der Waals surface area contributed by atoms with Crippen LogP contribution in [0.15, 0.2) is 30.3 Å². The molecule has 0 aromatic heterocycles. The van der Waals surface area contributed by atoms with Crippen molar-refractivity contribution in [3.63, 3.8) is 0 Å². The fraction of sp³-hybridized carbons (Fsp3) is 0.652. The molecule has 25 heavy (non-hydrogen) atoms. The number of carbonyl (C=O) groups excluding carboxylic acids is 1. The molecule has 1 rings (SSSR count). The third-order valence-corrected chi connectivity index (χ3v) is 4.71. The predicted octanol–water partition coefficient (Wildman–Crippen LogP) is 6.79. The minimum atomic E-state index is 0.131. The molecule has 0 saturated heterocycles. The van der Waals surface area contributed by atoms with Crippen molar-refractivity contribution in [3.05, 3.63) is 42.4 Å². The van der Waals surface area contributed by atoms with Crippen molar-refractivity contribution in [2.24, 2.45) is 0 Å². The zero-order chi connectivity index (χ0) is 18.0. The molecule has 1 aromatic rings. The Morgan fingerprint density at radius 3 is 1.76 bits per heavy atom. The van der Waals surface area contributed by atoms with Gasteiger partial charge in [0.2, 0.25) is 5.91 Å². The molecule has 0 bridgehead atoms. The number of unbranched alkanes of at least 4 members (excludes halogenated alkanes) is 12. The van der Waals surface area contributed by atoms with Crippen LogP contribution in [0.5, 0.6) is 0 Å². The van der Waals surface area contributed by atoms with Gasteiger partial charge in [-0.2, -0.15) is 0 Å². The Kier molecular flexibility index (Phi) is 14.1. The van der Waals surface area contributed by atoms with E-state index in [-0.39, 0.29) is 5.91 Å². The number of nitrogens with one attached hydrogen (secondary N) is 1. The summed E-state index contributed by atoms with van der Waals surface area (Å²) >= 11 is 0. The molecule has 2 nitrogen and oxygen atoms in total. The lowest BCUT2D eigenvalue weighted by Gasteiger charge is -2.05. The van der Waals surface area contributed by atoms with E-state index in [1.165, 1.54) is 77.0 Å². The first-order valence-corrected chi connectivity index (χ1v) is 10.5. The molecule has 2 heteroatoms. The van der Waals surface area contributed by atoms with Gasteiger partial charge in [0.25, 0.3) is 0 Å². The molecule has 0 saturated carbocycles. The van der Waals surface area contributed by atoms with E-state index in [1.54, 1.807) is 6.54 Å². The fourth-order valence-corrected chi connectivity index (χ4v) is 3.09. The zero-order valence-electron chi connectivity index (χ0n) is 16.3. The molecule has 1 radical (unpaired) electrons. The monoisotopic (exact) mass is 344 g/mol. The standard InChI is InChI=1S/C23H38NO/c1-2-3-4-5-6-7-8-9-10-11-12-13-17-20-23(25)24-21-22-18-15-14-16-19-22/h14-16,18-19,21H,2-13,17,20H2,1H3,(H,24,25). The molecule has 1 aromatic carbocycles. The maximum absolute atomic E-state index is 11.8. The Labute approximate surface area is 155 Å². The SMILES string of the molecule is CCCCCCCCCCCCCCCC(=O)N[CH]c1ccccc1. The van der Waals surface area contributed by atoms with Crippen molar-refractivity contribution in [2.45, 2.75) is 96.8 Å². The van der Waals surface area contributed by atoms with Crippen molar-refractivity contribution in [1.82, 2.24) is 5.32 Å². The van der Waals surface area contributed by atoms with Crippen molar-refractivity contribution < 1.29 is 4.79 Å². The summed E-state index contributed by atoms with van der Waals surface area (Å²) in [4.78, 5) is 11.8. The molecule has 0 aliphatic heterocycles. The lowest BCUT2D eigenvalue weighted by atomic mass is 10.0. The molecule has 0 unspecified atom stereocenters. The second-order valence-corrected chi connectivity index (χ2v) is 7.12. The average molecular weight is 345 g/mol. The second kappa shape index (κ2) is 16.2. The molecular weight excluding hydrogens is 306 g/mol. The van der Waals surface area contributed by atoms with Gasteiger partial charge in [-0.1, -0.05) is 114 Å². The molecular formula is C23H38NO. The van der Waals surface area contributed by atoms with E-state index in [9.17, 15) is 4.79 Å². The van der Waals surface area contributed by atoms with E-state index < -0.39 is 0 Å². The highest BCUT2D eigenvalue weighted by molar-refractivity contribution is 5.77. The van der Waals surface area contributed by atoms with Crippen LogP contribution in [-0.4, -0.2) is 5.91 Å². The van der Waals surface area contributed by atoms with Gasteiger partial charge in [0.05, 0.1) is 6.54 Å². The Hall–Kier alpha value is -1.31. The van der Waals surface area contributed by atoms with Gasteiger partial charge in [-0.15, -0.1) is 0 Å². The Morgan fingerprint density at radius 1 is 0.760 bits per heavy atom. The first-order valence-electron chi connectivity index (χ1n) is 10.5. The van der Waals surface area contributed by atoms with Gasteiger partial charge in [-0.3, -0.25) is 4.79 Å². The van der Waals surface area contributed by atoms with Crippen LogP contribution in [0.2, 0.25) is 0 Å². The lowest BCUT2D eigenvalue weighted by molar-refractivity contribution is -0.120. The Bertz CT molecular complexity index is 415. The molecule has 0 aliphatic carbocycles. The minimum absolute atomic E-state index is 0.131. The van der Waals surface area contributed by atoms with E-state index in [1.807, 2.05) is 30.3 Å². The van der Waals surface area contributed by atoms with Gasteiger partial charge in [0.1, 0.15) is 0 Å². The number of amides is 1. The number of carbonyl (C=O) groups is 1. The highest BCUT2D eigenvalue weighted by atomic mass is 16.1. The second-order valence-electron chi connectivity index (χ2n) is 7.12. The van der Waals surface area contributed by atoms with Gasteiger partial charge in [-0.25, -0.2) is 0 Å². The van der Waals surface area contributed by atoms with Gasteiger partial charge < -0.3 is 5.32 Å². The maximum Gasteiger partial charge on any atom is 0.220 e. The van der Waals surface area contributed by atoms with Crippen molar-refractivity contribution in [2.75, 3.05) is 0 Å². The summed E-state index contributed by atoms with van der Waals surface area (Å²) in [6.45, 7) is 4.07. The largest absolute Gasteiger partial charge is 0.347 e. The Balaban J connectivity index is 1.80. The van der Waals surface area contributed by atoms with E-state index in [0.717, 1.165) is 12.0 Å². The van der Waals surface area contributed by atoms with E-state index in [0.29, 0.717) is 6.42 Å². The topological polar surface area (TPSA) is 29.1 Å². The normalized spacial score (nSPS) is 10.8. The Morgan fingerprint density at radius 2 is 1.24 bits per heavy atom. The predicted molar refractivity (Wildman–Crippen MR) is 108 cm³/mol. The van der Waals surface area contributed by atoms with E-state index in [2.05, 4.69) is 12.2 Å².